The highest BCUT2D eigenvalue weighted by Gasteiger charge is 2.05. The third kappa shape index (κ3) is 4.30. The molecule has 138 valence electrons. The summed E-state index contributed by atoms with van der Waals surface area (Å²) in [6.07, 6.45) is 0. The second-order valence-corrected chi connectivity index (χ2v) is 6.37. The Labute approximate surface area is 163 Å². The van der Waals surface area contributed by atoms with E-state index in [0.29, 0.717) is 0 Å². The normalized spacial score (nSPS) is 10.4. The van der Waals surface area contributed by atoms with Gasteiger partial charge in [0.05, 0.1) is 6.54 Å². The molecule has 0 unspecified atom stereocenters. The number of carbonyl (C=O) groups excluding carboxylic acids is 1. The number of fused-ring (bicyclic) bond motifs is 1. The number of hydrogen-bond acceptors (Lipinski definition) is 3. The van der Waals surface area contributed by atoms with Gasteiger partial charge in [0.2, 0.25) is 5.91 Å². The number of carbonyl (C=O) groups is 1. The number of nitrogens with one attached hydrogen (secondary N) is 2. The van der Waals surface area contributed by atoms with Gasteiger partial charge in [0.15, 0.2) is 0 Å². The minimum atomic E-state index is -0.107. The molecule has 4 nitrogen and oxygen atoms in total. The zero-order valence-electron chi connectivity index (χ0n) is 15.3. The third-order valence-electron chi connectivity index (χ3n) is 4.35. The lowest BCUT2D eigenvalue weighted by molar-refractivity contribution is -0.114. The Morgan fingerprint density at radius 3 is 2.21 bits per heavy atom. The SMILES string of the molecule is O=C(CNc1cccc2ccccc12)Nc1ccc(Oc2ccccc2)cc1. The molecule has 0 aliphatic heterocycles. The van der Waals surface area contributed by atoms with E-state index < -0.39 is 0 Å². The summed E-state index contributed by atoms with van der Waals surface area (Å²) in [4.78, 5) is 12.3. The average molecular weight is 368 g/mol. The van der Waals surface area contributed by atoms with Gasteiger partial charge in [0.1, 0.15) is 11.5 Å². The van der Waals surface area contributed by atoms with Crippen molar-refractivity contribution in [2.24, 2.45) is 0 Å². The molecule has 28 heavy (non-hydrogen) atoms. The van der Waals surface area contributed by atoms with Crippen molar-refractivity contribution < 1.29 is 9.53 Å². The number of benzene rings is 4. The van der Waals surface area contributed by atoms with Gasteiger partial charge in [-0.2, -0.15) is 0 Å². The molecule has 4 aromatic rings. The second kappa shape index (κ2) is 8.27. The van der Waals surface area contributed by atoms with E-state index in [0.717, 1.165) is 33.6 Å². The van der Waals surface area contributed by atoms with Gasteiger partial charge < -0.3 is 15.4 Å². The van der Waals surface area contributed by atoms with Crippen molar-refractivity contribution in [2.45, 2.75) is 0 Å². The van der Waals surface area contributed by atoms with Gasteiger partial charge in [0, 0.05) is 16.8 Å². The summed E-state index contributed by atoms with van der Waals surface area (Å²) in [5, 5.41) is 8.35. The van der Waals surface area contributed by atoms with Crippen molar-refractivity contribution in [1.82, 2.24) is 0 Å². The highest BCUT2D eigenvalue weighted by atomic mass is 16.5. The molecular formula is C24H20N2O2. The van der Waals surface area contributed by atoms with Crippen molar-refractivity contribution in [3.63, 3.8) is 0 Å². The quantitative estimate of drug-likeness (QED) is 0.460. The lowest BCUT2D eigenvalue weighted by Gasteiger charge is -2.11. The molecule has 0 aliphatic rings. The molecule has 0 spiro atoms. The number of anilines is 2. The minimum Gasteiger partial charge on any atom is -0.457 e. The molecule has 0 heterocycles. The highest BCUT2D eigenvalue weighted by Crippen LogP contribution is 2.24. The lowest BCUT2D eigenvalue weighted by atomic mass is 10.1. The van der Waals surface area contributed by atoms with E-state index in [1.807, 2.05) is 84.9 Å². The predicted molar refractivity (Wildman–Crippen MR) is 114 cm³/mol. The maximum atomic E-state index is 12.3. The van der Waals surface area contributed by atoms with E-state index >= 15 is 0 Å². The van der Waals surface area contributed by atoms with Crippen molar-refractivity contribution in [3.05, 3.63) is 97.1 Å². The predicted octanol–water partition coefficient (Wildman–Crippen LogP) is 5.68. The maximum Gasteiger partial charge on any atom is 0.243 e. The summed E-state index contributed by atoms with van der Waals surface area (Å²) in [5.74, 6) is 1.39. The summed E-state index contributed by atoms with van der Waals surface area (Å²) in [5.41, 5.74) is 1.67. The first kappa shape index (κ1) is 17.6. The molecule has 0 bridgehead atoms. The summed E-state index contributed by atoms with van der Waals surface area (Å²) >= 11 is 0. The third-order valence-corrected chi connectivity index (χ3v) is 4.35. The molecule has 0 fully saturated rings. The molecule has 1 amide bonds. The van der Waals surface area contributed by atoms with E-state index in [1.165, 1.54) is 0 Å². The molecule has 4 rings (SSSR count). The van der Waals surface area contributed by atoms with Gasteiger partial charge in [-0.05, 0) is 47.9 Å². The summed E-state index contributed by atoms with van der Waals surface area (Å²) in [7, 11) is 0. The van der Waals surface area contributed by atoms with E-state index in [1.54, 1.807) is 0 Å². The van der Waals surface area contributed by atoms with Crippen LogP contribution in [0.5, 0.6) is 11.5 Å². The van der Waals surface area contributed by atoms with Crippen LogP contribution in [0.15, 0.2) is 97.1 Å². The Hall–Kier alpha value is -3.79. The number of ether oxygens (including phenoxy) is 1. The molecule has 4 aromatic carbocycles. The van der Waals surface area contributed by atoms with Crippen LogP contribution in [-0.2, 0) is 4.79 Å². The number of hydrogen-bond donors (Lipinski definition) is 2. The van der Waals surface area contributed by atoms with E-state index in [2.05, 4.69) is 22.8 Å². The highest BCUT2D eigenvalue weighted by molar-refractivity contribution is 5.97. The van der Waals surface area contributed by atoms with Gasteiger partial charge in [0.25, 0.3) is 0 Å². The number of para-hydroxylation sites is 1. The number of rotatable bonds is 6. The van der Waals surface area contributed by atoms with E-state index in [9.17, 15) is 4.79 Å². The van der Waals surface area contributed by atoms with Gasteiger partial charge in [-0.15, -0.1) is 0 Å². The van der Waals surface area contributed by atoms with Crippen LogP contribution < -0.4 is 15.4 Å². The monoisotopic (exact) mass is 368 g/mol. The smallest absolute Gasteiger partial charge is 0.243 e. The summed E-state index contributed by atoms with van der Waals surface area (Å²) in [6, 6.07) is 31.0. The molecule has 0 aromatic heterocycles. The fraction of sp³-hybridized carbons (Fsp3) is 0.0417. The Bertz CT molecular complexity index is 1070. The Kier molecular flexibility index (Phi) is 5.20. The van der Waals surface area contributed by atoms with Crippen molar-refractivity contribution in [1.29, 1.82) is 0 Å². The van der Waals surface area contributed by atoms with Gasteiger partial charge in [-0.25, -0.2) is 0 Å². The zero-order valence-corrected chi connectivity index (χ0v) is 15.3. The van der Waals surface area contributed by atoms with Crippen molar-refractivity contribution in [2.75, 3.05) is 17.2 Å². The standard InChI is InChI=1S/C24H20N2O2/c27-24(17-25-23-12-6-8-18-7-4-5-11-22(18)23)26-19-13-15-21(16-14-19)28-20-9-2-1-3-10-20/h1-16,25H,17H2,(H,26,27). The first-order valence-electron chi connectivity index (χ1n) is 9.12. The first-order chi connectivity index (χ1) is 13.8. The summed E-state index contributed by atoms with van der Waals surface area (Å²) in [6.45, 7) is 0.191. The molecule has 0 radical (unpaired) electrons. The topological polar surface area (TPSA) is 50.4 Å². The lowest BCUT2D eigenvalue weighted by Crippen LogP contribution is -2.21. The molecule has 0 atom stereocenters. The molecular weight excluding hydrogens is 348 g/mol. The van der Waals surface area contributed by atoms with Crippen molar-refractivity contribution >= 4 is 28.1 Å². The first-order valence-corrected chi connectivity index (χ1v) is 9.12. The van der Waals surface area contributed by atoms with Crippen LogP contribution in [0, 0.1) is 0 Å². The largest absolute Gasteiger partial charge is 0.457 e. The van der Waals surface area contributed by atoms with Crippen LogP contribution in [-0.4, -0.2) is 12.5 Å². The Morgan fingerprint density at radius 1 is 0.714 bits per heavy atom. The van der Waals surface area contributed by atoms with Crippen LogP contribution in [0.3, 0.4) is 0 Å². The summed E-state index contributed by atoms with van der Waals surface area (Å²) < 4.78 is 5.76. The van der Waals surface area contributed by atoms with E-state index in [4.69, 9.17) is 4.74 Å². The second-order valence-electron chi connectivity index (χ2n) is 6.37. The van der Waals surface area contributed by atoms with Crippen LogP contribution in [0.4, 0.5) is 11.4 Å². The fourth-order valence-corrected chi connectivity index (χ4v) is 2.99. The molecule has 2 N–H and O–H groups in total. The van der Waals surface area contributed by atoms with Gasteiger partial charge in [-0.3, -0.25) is 4.79 Å². The molecule has 4 heteroatoms. The zero-order chi connectivity index (χ0) is 19.2. The van der Waals surface area contributed by atoms with Crippen LogP contribution >= 0.6 is 0 Å². The van der Waals surface area contributed by atoms with Gasteiger partial charge in [-0.1, -0.05) is 54.6 Å². The van der Waals surface area contributed by atoms with Crippen LogP contribution in [0.1, 0.15) is 0 Å². The van der Waals surface area contributed by atoms with Crippen LogP contribution in [0.25, 0.3) is 10.8 Å². The molecule has 0 saturated heterocycles. The Balaban J connectivity index is 1.34. The minimum absolute atomic E-state index is 0.107. The molecule has 0 saturated carbocycles. The fourth-order valence-electron chi connectivity index (χ4n) is 2.99. The maximum absolute atomic E-state index is 12.3. The van der Waals surface area contributed by atoms with E-state index in [-0.39, 0.29) is 12.5 Å². The van der Waals surface area contributed by atoms with Crippen molar-refractivity contribution in [3.8, 4) is 11.5 Å². The van der Waals surface area contributed by atoms with Crippen LogP contribution in [0.2, 0.25) is 0 Å². The van der Waals surface area contributed by atoms with Gasteiger partial charge >= 0.3 is 0 Å². The number of amides is 1. The molecule has 0 aliphatic carbocycles. The average Bonchev–Trinajstić information content (AvgIpc) is 2.74. The Morgan fingerprint density at radius 2 is 1.39 bits per heavy atom.